The minimum Gasteiger partial charge on any atom is -0.457 e. The molecule has 1 saturated heterocycles. The van der Waals surface area contributed by atoms with Gasteiger partial charge in [0.25, 0.3) is 5.69 Å². The number of aliphatic hydroxyl groups is 2. The van der Waals surface area contributed by atoms with Crippen molar-refractivity contribution >= 4 is 17.8 Å². The maximum atomic E-state index is 12.9. The quantitative estimate of drug-likeness (QED) is 0.138. The van der Waals surface area contributed by atoms with E-state index in [9.17, 15) is 24.8 Å². The van der Waals surface area contributed by atoms with Gasteiger partial charge in [-0.3, -0.25) is 14.9 Å². The molecular weight excluding hydrogens is 630 g/mol. The lowest BCUT2D eigenvalue weighted by Crippen LogP contribution is -2.55. The average Bonchev–Trinajstić information content (AvgIpc) is 3.61. The van der Waals surface area contributed by atoms with E-state index in [0.717, 1.165) is 45.6 Å². The summed E-state index contributed by atoms with van der Waals surface area (Å²) in [6, 6.07) is 5.47. The number of hydrogen-bond acceptors (Lipinski definition) is 10. The lowest BCUT2D eigenvalue weighted by Gasteiger charge is -2.59. The minimum atomic E-state index is -1.18. The largest absolute Gasteiger partial charge is 0.514 e. The molecule has 11 atom stereocenters. The SMILES string of the molecule is CC(=O)O[C@@H]([C@H]1CC[C@H]2[C@@H](CC3C4CCC5C(C)(C)[C@@H](OC(=O)Oc6ccc([N+](=O)[O-])cc6)CCC56C[C@@]46CCC32C)O1)C(C)(C)O.CO. The van der Waals surface area contributed by atoms with Crippen LogP contribution >= 0.6 is 0 Å². The Balaban J connectivity index is 0.00000205. The van der Waals surface area contributed by atoms with E-state index in [1.807, 2.05) is 0 Å². The zero-order valence-electron chi connectivity index (χ0n) is 30.1. The van der Waals surface area contributed by atoms with Crippen molar-refractivity contribution in [3.05, 3.63) is 34.4 Å². The first-order valence-corrected chi connectivity index (χ1v) is 18.1. The van der Waals surface area contributed by atoms with Gasteiger partial charge in [0.15, 0.2) is 6.10 Å². The van der Waals surface area contributed by atoms with E-state index in [0.29, 0.717) is 29.1 Å². The number of benzene rings is 1. The fourth-order valence-electron chi connectivity index (χ4n) is 12.4. The third-order valence-electron chi connectivity index (χ3n) is 14.4. The molecule has 1 aromatic carbocycles. The van der Waals surface area contributed by atoms with Gasteiger partial charge in [0.2, 0.25) is 0 Å². The molecule has 7 rings (SSSR count). The Morgan fingerprint density at radius 2 is 1.63 bits per heavy atom. The molecule has 1 heterocycles. The Hall–Kier alpha value is -2.76. The predicted molar refractivity (Wildman–Crippen MR) is 180 cm³/mol. The summed E-state index contributed by atoms with van der Waals surface area (Å²) in [5.41, 5.74) is -0.606. The molecular formula is C38H55NO10. The van der Waals surface area contributed by atoms with E-state index in [4.69, 9.17) is 24.1 Å². The fraction of sp³-hybridized carbons (Fsp3) is 0.789. The van der Waals surface area contributed by atoms with Crippen molar-refractivity contribution in [2.75, 3.05) is 7.11 Å². The minimum absolute atomic E-state index is 0.0619. The van der Waals surface area contributed by atoms with Crippen LogP contribution in [-0.2, 0) is 19.0 Å². The van der Waals surface area contributed by atoms with Crippen molar-refractivity contribution in [1.29, 1.82) is 0 Å². The molecule has 5 aliphatic carbocycles. The molecule has 0 aromatic heterocycles. The summed E-state index contributed by atoms with van der Waals surface area (Å²) in [6.07, 6.45) is 8.85. The highest BCUT2D eigenvalue weighted by Crippen LogP contribution is 2.87. The molecule has 1 aliphatic heterocycles. The van der Waals surface area contributed by atoms with Crippen LogP contribution in [0.15, 0.2) is 24.3 Å². The van der Waals surface area contributed by atoms with Crippen LogP contribution in [0.1, 0.15) is 106 Å². The standard InChI is InChI=1S/C37H51NO9.CH4O/c1-21(39)44-31(34(4,5)41)27-13-11-25-28(46-27)19-26-24-12-14-29-33(2,3)30(15-16-37(29)20-36(24,37)18-17-35(25,26)6)47-32(40)45-23-9-7-22(8-10-23)38(42)43;1-2/h7-10,24-31,41H,11-20H2,1-6H3;2H,1H3/t24?,25-,26?,27+,28+,29?,30-,31-,35?,36-,37?;/m0./s1. The number of carbonyl (C=O) groups is 2. The molecule has 5 saturated carbocycles. The molecule has 272 valence electrons. The number of rotatable bonds is 6. The van der Waals surface area contributed by atoms with Gasteiger partial charge in [0, 0.05) is 31.6 Å². The number of nitrogens with zero attached hydrogens (tertiary/aromatic N) is 1. The van der Waals surface area contributed by atoms with Crippen LogP contribution in [0.3, 0.4) is 0 Å². The number of ether oxygens (including phenoxy) is 4. The van der Waals surface area contributed by atoms with Gasteiger partial charge in [0.05, 0.1) is 22.7 Å². The van der Waals surface area contributed by atoms with Crippen molar-refractivity contribution in [2.24, 2.45) is 45.3 Å². The second-order valence-corrected chi connectivity index (χ2v) is 17.2. The number of nitro groups is 1. The van der Waals surface area contributed by atoms with Gasteiger partial charge in [-0.15, -0.1) is 0 Å². The second kappa shape index (κ2) is 12.5. The van der Waals surface area contributed by atoms with Gasteiger partial charge in [0.1, 0.15) is 11.9 Å². The van der Waals surface area contributed by atoms with Crippen LogP contribution < -0.4 is 4.74 Å². The predicted octanol–water partition coefficient (Wildman–Crippen LogP) is 7.00. The highest BCUT2D eigenvalue weighted by molar-refractivity contribution is 5.66. The van der Waals surface area contributed by atoms with Crippen molar-refractivity contribution in [1.82, 2.24) is 0 Å². The van der Waals surface area contributed by atoms with Crippen LogP contribution in [0.4, 0.5) is 10.5 Å². The van der Waals surface area contributed by atoms with Crippen LogP contribution in [0.5, 0.6) is 5.75 Å². The van der Waals surface area contributed by atoms with Crippen molar-refractivity contribution in [3.8, 4) is 5.75 Å². The Kier molecular flexibility index (Phi) is 9.18. The number of fused-ring (bicyclic) bond motifs is 4. The lowest BCUT2D eigenvalue weighted by atomic mass is 9.46. The number of esters is 1. The number of carbonyl (C=O) groups excluding carboxylic acids is 2. The van der Waals surface area contributed by atoms with Crippen molar-refractivity contribution in [3.63, 3.8) is 0 Å². The highest BCUT2D eigenvalue weighted by Gasteiger charge is 2.81. The summed E-state index contributed by atoms with van der Waals surface area (Å²) in [5, 5.41) is 28.8. The summed E-state index contributed by atoms with van der Waals surface area (Å²) in [5.74, 6) is 2.03. The normalized spacial score (nSPS) is 40.3. The van der Waals surface area contributed by atoms with Gasteiger partial charge in [-0.1, -0.05) is 20.8 Å². The Labute approximate surface area is 289 Å². The monoisotopic (exact) mass is 685 g/mol. The van der Waals surface area contributed by atoms with Crippen LogP contribution in [0.2, 0.25) is 0 Å². The van der Waals surface area contributed by atoms with Crippen LogP contribution in [0, 0.1) is 55.4 Å². The van der Waals surface area contributed by atoms with E-state index in [1.54, 1.807) is 13.8 Å². The molecule has 6 fully saturated rings. The average molecular weight is 686 g/mol. The van der Waals surface area contributed by atoms with E-state index in [-0.39, 0.29) is 46.0 Å². The van der Waals surface area contributed by atoms with E-state index < -0.39 is 28.8 Å². The van der Waals surface area contributed by atoms with E-state index in [1.165, 1.54) is 56.9 Å². The topological polar surface area (TPSA) is 155 Å². The summed E-state index contributed by atoms with van der Waals surface area (Å²) >= 11 is 0. The smallest absolute Gasteiger partial charge is 0.457 e. The first-order chi connectivity index (χ1) is 23.0. The molecule has 11 nitrogen and oxygen atoms in total. The maximum absolute atomic E-state index is 12.9. The Morgan fingerprint density at radius 3 is 2.27 bits per heavy atom. The van der Waals surface area contributed by atoms with Gasteiger partial charge in [-0.2, -0.15) is 0 Å². The molecule has 5 unspecified atom stereocenters. The molecule has 2 N–H and O–H groups in total. The zero-order valence-corrected chi connectivity index (χ0v) is 30.1. The first-order valence-electron chi connectivity index (χ1n) is 18.1. The Morgan fingerprint density at radius 1 is 0.959 bits per heavy atom. The summed E-state index contributed by atoms with van der Waals surface area (Å²) in [7, 11) is 1.00. The third-order valence-corrected chi connectivity index (χ3v) is 14.4. The lowest BCUT2D eigenvalue weighted by molar-refractivity contribution is -0.384. The van der Waals surface area contributed by atoms with Gasteiger partial charge >= 0.3 is 12.1 Å². The summed E-state index contributed by atoms with van der Waals surface area (Å²) in [4.78, 5) is 35.3. The van der Waals surface area contributed by atoms with E-state index >= 15 is 0 Å². The van der Waals surface area contributed by atoms with Gasteiger partial charge < -0.3 is 29.2 Å². The van der Waals surface area contributed by atoms with Crippen molar-refractivity contribution < 1.29 is 43.7 Å². The zero-order chi connectivity index (χ0) is 35.7. The first kappa shape index (κ1) is 36.0. The van der Waals surface area contributed by atoms with Gasteiger partial charge in [-0.25, -0.2) is 4.79 Å². The summed E-state index contributed by atoms with van der Waals surface area (Å²) < 4.78 is 23.9. The number of hydrogen-bond donors (Lipinski definition) is 2. The molecule has 2 spiro atoms. The molecule has 0 amide bonds. The fourth-order valence-corrected chi connectivity index (χ4v) is 12.4. The van der Waals surface area contributed by atoms with Crippen LogP contribution in [-0.4, -0.2) is 64.4 Å². The highest BCUT2D eigenvalue weighted by atomic mass is 16.7. The van der Waals surface area contributed by atoms with Crippen molar-refractivity contribution in [2.45, 2.75) is 136 Å². The maximum Gasteiger partial charge on any atom is 0.514 e. The number of aliphatic hydroxyl groups excluding tert-OH is 1. The third kappa shape index (κ3) is 5.75. The van der Waals surface area contributed by atoms with Gasteiger partial charge in [-0.05, 0) is 130 Å². The number of nitro benzene ring substituents is 1. The second-order valence-electron chi connectivity index (χ2n) is 17.2. The molecule has 0 bridgehead atoms. The number of non-ortho nitro benzene ring substituents is 1. The molecule has 49 heavy (non-hydrogen) atoms. The van der Waals surface area contributed by atoms with Crippen LogP contribution in [0.25, 0.3) is 0 Å². The molecule has 11 heteroatoms. The molecule has 6 aliphatic rings. The van der Waals surface area contributed by atoms with E-state index in [2.05, 4.69) is 20.8 Å². The molecule has 1 aromatic rings. The summed E-state index contributed by atoms with van der Waals surface area (Å²) in [6.45, 7) is 11.8. The molecule has 0 radical (unpaired) electrons. The Bertz CT molecular complexity index is 1440.